The van der Waals surface area contributed by atoms with Crippen LogP contribution in [0.4, 0.5) is 4.39 Å². The van der Waals surface area contributed by atoms with E-state index in [9.17, 15) is 4.39 Å². The molecule has 0 fully saturated rings. The molecule has 0 aromatic heterocycles. The average Bonchev–Trinajstić information content (AvgIpc) is 2.35. The number of ether oxygens (including phenoxy) is 1. The predicted molar refractivity (Wildman–Crippen MR) is 63.4 cm³/mol. The van der Waals surface area contributed by atoms with Crippen molar-refractivity contribution in [2.24, 2.45) is 5.10 Å². The highest BCUT2D eigenvalue weighted by molar-refractivity contribution is 5.79. The molecule has 17 heavy (non-hydrogen) atoms. The highest BCUT2D eigenvalue weighted by Crippen LogP contribution is 2.16. The highest BCUT2D eigenvalue weighted by Gasteiger charge is 2.01. The second-order valence-electron chi connectivity index (χ2n) is 3.27. The summed E-state index contributed by atoms with van der Waals surface area (Å²) in [6.07, 6.45) is 2.18. The van der Waals surface area contributed by atoms with Crippen molar-refractivity contribution in [2.45, 2.75) is 6.42 Å². The van der Waals surface area contributed by atoms with Crippen molar-refractivity contribution in [1.29, 1.82) is 0 Å². The normalized spacial score (nSPS) is 10.8. The molecule has 0 amide bonds. The number of halogens is 1. The highest BCUT2D eigenvalue weighted by atomic mass is 19.1. The first-order valence-corrected chi connectivity index (χ1v) is 5.23. The van der Waals surface area contributed by atoms with Crippen molar-refractivity contribution in [2.75, 3.05) is 20.3 Å². The SMILES string of the molecule is COc1cc(C=NNNCCCO)ccc1F. The van der Waals surface area contributed by atoms with E-state index in [2.05, 4.69) is 16.1 Å². The van der Waals surface area contributed by atoms with Crippen molar-refractivity contribution in [3.63, 3.8) is 0 Å². The van der Waals surface area contributed by atoms with Crippen molar-refractivity contribution < 1.29 is 14.2 Å². The molecule has 94 valence electrons. The number of aliphatic hydroxyl groups is 1. The lowest BCUT2D eigenvalue weighted by Crippen LogP contribution is -2.28. The Morgan fingerprint density at radius 1 is 1.53 bits per heavy atom. The second kappa shape index (κ2) is 7.59. The fourth-order valence-electron chi connectivity index (χ4n) is 1.13. The second-order valence-corrected chi connectivity index (χ2v) is 3.27. The largest absolute Gasteiger partial charge is 0.494 e. The zero-order valence-corrected chi connectivity index (χ0v) is 9.61. The van der Waals surface area contributed by atoms with Crippen LogP contribution in [0.1, 0.15) is 12.0 Å². The van der Waals surface area contributed by atoms with E-state index in [-0.39, 0.29) is 12.4 Å². The van der Waals surface area contributed by atoms with Crippen LogP contribution in [0.5, 0.6) is 5.75 Å². The van der Waals surface area contributed by atoms with Gasteiger partial charge in [0.05, 0.1) is 13.3 Å². The summed E-state index contributed by atoms with van der Waals surface area (Å²) < 4.78 is 17.9. The van der Waals surface area contributed by atoms with Crippen LogP contribution in [0, 0.1) is 5.82 Å². The number of hydrazone groups is 1. The van der Waals surface area contributed by atoms with Crippen LogP contribution in [0.2, 0.25) is 0 Å². The van der Waals surface area contributed by atoms with Gasteiger partial charge >= 0.3 is 0 Å². The molecule has 0 radical (unpaired) electrons. The molecule has 0 unspecified atom stereocenters. The van der Waals surface area contributed by atoms with Gasteiger partial charge in [-0.2, -0.15) is 5.10 Å². The summed E-state index contributed by atoms with van der Waals surface area (Å²) in [6, 6.07) is 4.46. The summed E-state index contributed by atoms with van der Waals surface area (Å²) in [6.45, 7) is 0.744. The van der Waals surface area contributed by atoms with E-state index in [0.717, 1.165) is 5.56 Å². The minimum atomic E-state index is -0.404. The van der Waals surface area contributed by atoms with E-state index in [1.54, 1.807) is 12.1 Å². The van der Waals surface area contributed by atoms with Gasteiger partial charge in [0.2, 0.25) is 0 Å². The lowest BCUT2D eigenvalue weighted by atomic mass is 10.2. The van der Waals surface area contributed by atoms with Crippen molar-refractivity contribution >= 4 is 6.21 Å². The Bertz CT molecular complexity index is 372. The van der Waals surface area contributed by atoms with E-state index in [0.29, 0.717) is 13.0 Å². The Morgan fingerprint density at radius 2 is 2.35 bits per heavy atom. The number of hydrogen-bond donors (Lipinski definition) is 3. The van der Waals surface area contributed by atoms with Gasteiger partial charge < -0.3 is 9.84 Å². The molecule has 6 heteroatoms. The Kier molecular flexibility index (Phi) is 5.98. The van der Waals surface area contributed by atoms with Gasteiger partial charge in [-0.05, 0) is 24.1 Å². The van der Waals surface area contributed by atoms with Crippen LogP contribution >= 0.6 is 0 Å². The topological polar surface area (TPSA) is 65.9 Å². The molecule has 0 bridgehead atoms. The zero-order valence-electron chi connectivity index (χ0n) is 9.61. The summed E-state index contributed by atoms with van der Waals surface area (Å²) in [5, 5.41) is 12.4. The maximum atomic E-state index is 13.1. The van der Waals surface area contributed by atoms with Gasteiger partial charge in [-0.25, -0.2) is 15.4 Å². The fourth-order valence-corrected chi connectivity index (χ4v) is 1.13. The van der Waals surface area contributed by atoms with Gasteiger partial charge in [0.1, 0.15) is 0 Å². The number of hydrazine groups is 1. The molecule has 0 aliphatic rings. The van der Waals surface area contributed by atoms with Gasteiger partial charge in [0, 0.05) is 13.2 Å². The molecule has 3 N–H and O–H groups in total. The first kappa shape index (κ1) is 13.4. The minimum Gasteiger partial charge on any atom is -0.494 e. The van der Waals surface area contributed by atoms with Gasteiger partial charge in [-0.3, -0.25) is 0 Å². The predicted octanol–water partition coefficient (Wildman–Crippen LogP) is 0.645. The van der Waals surface area contributed by atoms with Crippen molar-refractivity contribution in [1.82, 2.24) is 11.0 Å². The number of methoxy groups -OCH3 is 1. The van der Waals surface area contributed by atoms with E-state index in [1.807, 2.05) is 0 Å². The van der Waals surface area contributed by atoms with Crippen LogP contribution in [0.15, 0.2) is 23.3 Å². The molecule has 0 heterocycles. The Labute approximate surface area is 99.3 Å². The number of aliphatic hydroxyl groups excluding tert-OH is 1. The standard InChI is InChI=1S/C11H16FN3O2/c1-17-11-7-9(3-4-10(11)12)8-14-15-13-5-2-6-16/h3-4,7-8,13,15-16H,2,5-6H2,1H3. The summed E-state index contributed by atoms with van der Waals surface area (Å²) >= 11 is 0. The van der Waals surface area contributed by atoms with Gasteiger partial charge in [-0.1, -0.05) is 6.07 Å². The third-order valence-corrected chi connectivity index (χ3v) is 1.99. The maximum Gasteiger partial charge on any atom is 0.165 e. The summed E-state index contributed by atoms with van der Waals surface area (Å²) in [5.41, 5.74) is 6.10. The molecule has 0 aliphatic heterocycles. The van der Waals surface area contributed by atoms with Crippen LogP contribution in [0.25, 0.3) is 0 Å². The van der Waals surface area contributed by atoms with Gasteiger partial charge in [-0.15, -0.1) is 0 Å². The smallest absolute Gasteiger partial charge is 0.165 e. The summed E-state index contributed by atoms with van der Waals surface area (Å²) in [7, 11) is 1.41. The van der Waals surface area contributed by atoms with E-state index < -0.39 is 5.82 Å². The molecule has 5 nitrogen and oxygen atoms in total. The fraction of sp³-hybridized carbons (Fsp3) is 0.364. The first-order valence-electron chi connectivity index (χ1n) is 5.23. The summed E-state index contributed by atoms with van der Waals surface area (Å²) in [5.74, 6) is -0.221. The number of benzene rings is 1. The molecule has 1 aromatic rings. The van der Waals surface area contributed by atoms with Crippen molar-refractivity contribution in [3.05, 3.63) is 29.6 Å². The Hall–Kier alpha value is -1.66. The van der Waals surface area contributed by atoms with Crippen LogP contribution in [-0.4, -0.2) is 31.6 Å². The van der Waals surface area contributed by atoms with Crippen LogP contribution in [-0.2, 0) is 0 Å². The number of nitrogens with zero attached hydrogens (tertiary/aromatic N) is 1. The van der Waals surface area contributed by atoms with E-state index in [1.165, 1.54) is 19.4 Å². The van der Waals surface area contributed by atoms with Gasteiger partial charge in [0.15, 0.2) is 11.6 Å². The number of hydrogen-bond acceptors (Lipinski definition) is 5. The third-order valence-electron chi connectivity index (χ3n) is 1.99. The number of rotatable bonds is 7. The molecular weight excluding hydrogens is 225 g/mol. The minimum absolute atomic E-state index is 0.132. The zero-order chi connectivity index (χ0) is 12.5. The van der Waals surface area contributed by atoms with Crippen molar-refractivity contribution in [3.8, 4) is 5.75 Å². The number of nitrogens with one attached hydrogen (secondary N) is 2. The molecule has 0 spiro atoms. The lowest BCUT2D eigenvalue weighted by Gasteiger charge is -2.03. The third kappa shape index (κ3) is 4.80. The maximum absolute atomic E-state index is 13.1. The lowest BCUT2D eigenvalue weighted by molar-refractivity contribution is 0.283. The van der Waals surface area contributed by atoms with Gasteiger partial charge in [0.25, 0.3) is 0 Å². The molecule has 0 saturated heterocycles. The molecule has 1 aromatic carbocycles. The average molecular weight is 241 g/mol. The van der Waals surface area contributed by atoms with Crippen LogP contribution in [0.3, 0.4) is 0 Å². The van der Waals surface area contributed by atoms with E-state index >= 15 is 0 Å². The first-order chi connectivity index (χ1) is 8.27. The molecule has 0 aliphatic carbocycles. The molecule has 0 saturated carbocycles. The monoisotopic (exact) mass is 241 g/mol. The molecule has 1 rings (SSSR count). The molecule has 0 atom stereocenters. The molecular formula is C11H16FN3O2. The Balaban J connectivity index is 2.42. The summed E-state index contributed by atoms with van der Waals surface area (Å²) in [4.78, 5) is 0. The van der Waals surface area contributed by atoms with Crippen LogP contribution < -0.4 is 15.7 Å². The Morgan fingerprint density at radius 3 is 3.06 bits per heavy atom. The quantitative estimate of drug-likeness (QED) is 0.372. The van der Waals surface area contributed by atoms with E-state index in [4.69, 9.17) is 9.84 Å².